The van der Waals surface area contributed by atoms with E-state index in [4.69, 9.17) is 4.74 Å². The Morgan fingerprint density at radius 1 is 1.12 bits per heavy atom. The summed E-state index contributed by atoms with van der Waals surface area (Å²) < 4.78 is 5.50. The summed E-state index contributed by atoms with van der Waals surface area (Å²) in [5.74, 6) is 0.901. The number of aliphatic carboxylic acids is 1. The van der Waals surface area contributed by atoms with E-state index in [-0.39, 0.29) is 28.8 Å². The van der Waals surface area contributed by atoms with Gasteiger partial charge in [0.1, 0.15) is 6.10 Å². The Hall–Kier alpha value is -1.32. The molecule has 0 bridgehead atoms. The lowest BCUT2D eigenvalue weighted by Gasteiger charge is -2.57. The van der Waals surface area contributed by atoms with Crippen molar-refractivity contribution in [2.75, 3.05) is 0 Å². The molecule has 26 heavy (non-hydrogen) atoms. The van der Waals surface area contributed by atoms with Gasteiger partial charge in [-0.05, 0) is 73.5 Å². The largest absolute Gasteiger partial charge is 0.481 e. The molecule has 0 aromatic carbocycles. The topological polar surface area (TPSA) is 63.6 Å². The second-order valence-electron chi connectivity index (χ2n) is 9.75. The molecule has 0 spiro atoms. The lowest BCUT2D eigenvalue weighted by atomic mass is 9.47. The minimum atomic E-state index is -0.589. The lowest BCUT2D eigenvalue weighted by Crippen LogP contribution is -2.51. The van der Waals surface area contributed by atoms with Crippen molar-refractivity contribution in [3.8, 4) is 0 Å². The van der Waals surface area contributed by atoms with Gasteiger partial charge in [0.15, 0.2) is 0 Å². The molecule has 0 aromatic heterocycles. The minimum Gasteiger partial charge on any atom is -0.481 e. The van der Waals surface area contributed by atoms with E-state index in [1.807, 2.05) is 0 Å². The number of fused-ring (bicyclic) bond motifs is 5. The van der Waals surface area contributed by atoms with Crippen LogP contribution in [-0.2, 0) is 14.3 Å². The van der Waals surface area contributed by atoms with E-state index in [1.54, 1.807) is 0 Å². The second kappa shape index (κ2) is 6.10. The molecular weight excluding hydrogens is 328 g/mol. The maximum Gasteiger partial charge on any atom is 0.307 e. The summed E-state index contributed by atoms with van der Waals surface area (Å²) in [4.78, 5) is 23.1. The van der Waals surface area contributed by atoms with Crippen LogP contribution in [0, 0.1) is 34.5 Å². The highest BCUT2D eigenvalue weighted by Crippen LogP contribution is 2.66. The maximum absolute atomic E-state index is 11.8. The van der Waals surface area contributed by atoms with Gasteiger partial charge in [-0.15, -0.1) is 0 Å². The molecule has 4 rings (SSSR count). The first-order valence-corrected chi connectivity index (χ1v) is 10.4. The molecule has 3 fully saturated rings. The van der Waals surface area contributed by atoms with E-state index in [2.05, 4.69) is 19.9 Å². The molecule has 0 amide bonds. The Bertz CT molecular complexity index is 653. The average Bonchev–Trinajstić information content (AvgIpc) is 2.92. The van der Waals surface area contributed by atoms with Gasteiger partial charge in [0.25, 0.3) is 0 Å². The molecule has 4 heteroatoms. The molecule has 4 aliphatic rings. The zero-order valence-electron chi connectivity index (χ0n) is 16.3. The van der Waals surface area contributed by atoms with Gasteiger partial charge in [-0.3, -0.25) is 9.59 Å². The van der Waals surface area contributed by atoms with Crippen LogP contribution in [0.4, 0.5) is 0 Å². The third kappa shape index (κ3) is 2.55. The summed E-state index contributed by atoms with van der Waals surface area (Å²) in [6, 6.07) is 0. The fourth-order valence-corrected chi connectivity index (χ4v) is 7.37. The molecule has 0 heterocycles. The van der Waals surface area contributed by atoms with Crippen LogP contribution in [0.5, 0.6) is 0 Å². The molecule has 4 aliphatic carbocycles. The van der Waals surface area contributed by atoms with Crippen LogP contribution in [0.1, 0.15) is 72.1 Å². The number of hydrogen-bond donors (Lipinski definition) is 1. The third-order valence-corrected chi connectivity index (χ3v) is 8.69. The fraction of sp³-hybridized carbons (Fsp3) is 0.818. The standard InChI is InChI=1S/C22H32O4/c1-13(23)26-15-8-10-21(2)14(12-15)4-5-16-17-6-7-19(20(24)25)22(17,3)11-9-18(16)21/h4,15-19H,5-12H2,1-3H3,(H,24,25)/t15-,16-,17+,18-,19+,21-,22+/m1/s1. The number of ether oxygens (including phenoxy) is 1. The van der Waals surface area contributed by atoms with Crippen molar-refractivity contribution in [2.45, 2.75) is 78.2 Å². The molecule has 0 radical (unpaired) electrons. The maximum atomic E-state index is 11.8. The fourth-order valence-electron chi connectivity index (χ4n) is 7.37. The first-order chi connectivity index (χ1) is 12.3. The first-order valence-electron chi connectivity index (χ1n) is 10.4. The Morgan fingerprint density at radius 2 is 1.88 bits per heavy atom. The SMILES string of the molecule is CC(=O)O[C@@H]1CC[C@]2(C)C(=CC[C@H]3[C@H]2CC[C@]2(C)[C@H](C(=O)O)CC[C@@H]32)C1. The molecule has 4 nitrogen and oxygen atoms in total. The number of allylic oxidation sites excluding steroid dienone is 1. The van der Waals surface area contributed by atoms with E-state index in [0.29, 0.717) is 17.8 Å². The Labute approximate surface area is 156 Å². The Balaban J connectivity index is 1.59. The van der Waals surface area contributed by atoms with Crippen LogP contribution >= 0.6 is 0 Å². The van der Waals surface area contributed by atoms with E-state index < -0.39 is 5.97 Å². The highest BCUT2D eigenvalue weighted by Gasteiger charge is 2.60. The smallest absolute Gasteiger partial charge is 0.307 e. The summed E-state index contributed by atoms with van der Waals surface area (Å²) in [5, 5.41) is 9.70. The zero-order valence-corrected chi connectivity index (χ0v) is 16.3. The van der Waals surface area contributed by atoms with Gasteiger partial charge < -0.3 is 9.84 Å². The van der Waals surface area contributed by atoms with E-state index in [0.717, 1.165) is 51.4 Å². The van der Waals surface area contributed by atoms with Crippen LogP contribution in [-0.4, -0.2) is 23.1 Å². The zero-order chi connectivity index (χ0) is 18.7. The van der Waals surface area contributed by atoms with Gasteiger partial charge in [-0.25, -0.2) is 0 Å². The summed E-state index contributed by atoms with van der Waals surface area (Å²) in [6.45, 7) is 6.17. The predicted octanol–water partition coefficient (Wildman–Crippen LogP) is 4.58. The second-order valence-corrected chi connectivity index (χ2v) is 9.75. The summed E-state index contributed by atoms with van der Waals surface area (Å²) in [5.41, 5.74) is 1.68. The van der Waals surface area contributed by atoms with Crippen molar-refractivity contribution in [1.82, 2.24) is 0 Å². The van der Waals surface area contributed by atoms with Crippen molar-refractivity contribution in [1.29, 1.82) is 0 Å². The number of carbonyl (C=O) groups excluding carboxylic acids is 1. The molecule has 0 aliphatic heterocycles. The number of carboxylic acid groups (broad SMARTS) is 1. The number of carboxylic acids is 1. The molecule has 0 saturated heterocycles. The van der Waals surface area contributed by atoms with Gasteiger partial charge >= 0.3 is 11.9 Å². The minimum absolute atomic E-state index is 0.0242. The van der Waals surface area contributed by atoms with E-state index >= 15 is 0 Å². The third-order valence-electron chi connectivity index (χ3n) is 8.69. The Kier molecular flexibility index (Phi) is 4.24. The number of esters is 1. The van der Waals surface area contributed by atoms with Gasteiger partial charge in [-0.2, -0.15) is 0 Å². The first kappa shape index (κ1) is 18.1. The van der Waals surface area contributed by atoms with Gasteiger partial charge in [0.2, 0.25) is 0 Å². The van der Waals surface area contributed by atoms with Crippen molar-refractivity contribution in [3.63, 3.8) is 0 Å². The number of rotatable bonds is 2. The van der Waals surface area contributed by atoms with Crippen LogP contribution < -0.4 is 0 Å². The van der Waals surface area contributed by atoms with Crippen LogP contribution in [0.2, 0.25) is 0 Å². The molecule has 144 valence electrons. The summed E-state index contributed by atoms with van der Waals surface area (Å²) in [7, 11) is 0. The highest BCUT2D eigenvalue weighted by molar-refractivity contribution is 5.71. The van der Waals surface area contributed by atoms with Crippen molar-refractivity contribution in [2.24, 2.45) is 34.5 Å². The normalized spacial score (nSPS) is 47.2. The number of carbonyl (C=O) groups is 2. The van der Waals surface area contributed by atoms with Gasteiger partial charge in [0, 0.05) is 13.3 Å². The van der Waals surface area contributed by atoms with Crippen molar-refractivity contribution in [3.05, 3.63) is 11.6 Å². The van der Waals surface area contributed by atoms with Crippen molar-refractivity contribution >= 4 is 11.9 Å². The molecule has 0 unspecified atom stereocenters. The molecule has 7 atom stereocenters. The van der Waals surface area contributed by atoms with Gasteiger partial charge in [-0.1, -0.05) is 25.5 Å². The molecule has 3 saturated carbocycles. The van der Waals surface area contributed by atoms with Crippen molar-refractivity contribution < 1.29 is 19.4 Å². The number of hydrogen-bond acceptors (Lipinski definition) is 3. The van der Waals surface area contributed by atoms with Crippen LogP contribution in [0.3, 0.4) is 0 Å². The Morgan fingerprint density at radius 3 is 2.58 bits per heavy atom. The quantitative estimate of drug-likeness (QED) is 0.578. The van der Waals surface area contributed by atoms with Crippen LogP contribution in [0.25, 0.3) is 0 Å². The lowest BCUT2D eigenvalue weighted by molar-refractivity contribution is -0.151. The summed E-state index contributed by atoms with van der Waals surface area (Å²) >= 11 is 0. The average molecular weight is 360 g/mol. The van der Waals surface area contributed by atoms with E-state index in [1.165, 1.54) is 12.5 Å². The highest BCUT2D eigenvalue weighted by atomic mass is 16.5. The molecule has 0 aromatic rings. The summed E-state index contributed by atoms with van der Waals surface area (Å²) in [6.07, 6.45) is 10.6. The van der Waals surface area contributed by atoms with Crippen LogP contribution in [0.15, 0.2) is 11.6 Å². The molecular formula is C22H32O4. The van der Waals surface area contributed by atoms with Gasteiger partial charge in [0.05, 0.1) is 5.92 Å². The predicted molar refractivity (Wildman–Crippen MR) is 98.4 cm³/mol. The van der Waals surface area contributed by atoms with E-state index in [9.17, 15) is 14.7 Å². The molecule has 1 N–H and O–H groups in total. The monoisotopic (exact) mass is 360 g/mol.